The zero-order valence-corrected chi connectivity index (χ0v) is 11.9. The van der Waals surface area contributed by atoms with Gasteiger partial charge in [0.15, 0.2) is 0 Å². The standard InChI is InChI=1S/C13H14BrN3O/c1-9-5-12(17-8-11(9)14)16-7-10-3-4-15-13(6-10)18-2/h3-6,8H,7H2,1-2H3,(H,16,17). The quantitative estimate of drug-likeness (QED) is 0.942. The van der Waals surface area contributed by atoms with Gasteiger partial charge in [-0.25, -0.2) is 9.97 Å². The Morgan fingerprint density at radius 2 is 2.17 bits per heavy atom. The number of nitrogens with one attached hydrogen (secondary N) is 1. The van der Waals surface area contributed by atoms with Crippen molar-refractivity contribution in [1.29, 1.82) is 0 Å². The number of hydrogen-bond acceptors (Lipinski definition) is 4. The van der Waals surface area contributed by atoms with Gasteiger partial charge in [-0.15, -0.1) is 0 Å². The van der Waals surface area contributed by atoms with Gasteiger partial charge in [-0.2, -0.15) is 0 Å². The zero-order valence-electron chi connectivity index (χ0n) is 10.3. The van der Waals surface area contributed by atoms with Crippen LogP contribution in [0.2, 0.25) is 0 Å². The molecule has 0 atom stereocenters. The van der Waals surface area contributed by atoms with Gasteiger partial charge in [-0.3, -0.25) is 0 Å². The largest absolute Gasteiger partial charge is 0.481 e. The average Bonchev–Trinajstić information content (AvgIpc) is 2.40. The van der Waals surface area contributed by atoms with E-state index in [1.807, 2.05) is 25.1 Å². The SMILES string of the molecule is COc1cc(CNc2cc(C)c(Br)cn2)ccn1. The highest BCUT2D eigenvalue weighted by molar-refractivity contribution is 9.10. The van der Waals surface area contributed by atoms with Crippen LogP contribution < -0.4 is 10.1 Å². The Balaban J connectivity index is 2.04. The van der Waals surface area contributed by atoms with E-state index in [0.29, 0.717) is 12.4 Å². The van der Waals surface area contributed by atoms with E-state index < -0.39 is 0 Å². The number of pyridine rings is 2. The molecule has 0 fully saturated rings. The first-order chi connectivity index (χ1) is 8.69. The average molecular weight is 308 g/mol. The van der Waals surface area contributed by atoms with Gasteiger partial charge >= 0.3 is 0 Å². The summed E-state index contributed by atoms with van der Waals surface area (Å²) >= 11 is 3.43. The number of methoxy groups -OCH3 is 1. The van der Waals surface area contributed by atoms with E-state index in [1.54, 1.807) is 19.5 Å². The predicted octanol–water partition coefficient (Wildman–Crippen LogP) is 3.17. The van der Waals surface area contributed by atoms with E-state index in [9.17, 15) is 0 Å². The van der Waals surface area contributed by atoms with Crippen LogP contribution in [0.5, 0.6) is 5.88 Å². The molecule has 2 aromatic rings. The van der Waals surface area contributed by atoms with Crippen LogP contribution in [0.25, 0.3) is 0 Å². The summed E-state index contributed by atoms with van der Waals surface area (Å²) in [5, 5.41) is 3.27. The maximum absolute atomic E-state index is 5.08. The summed E-state index contributed by atoms with van der Waals surface area (Å²) in [5.41, 5.74) is 2.25. The number of rotatable bonds is 4. The molecule has 0 amide bonds. The molecule has 0 aliphatic rings. The maximum atomic E-state index is 5.08. The molecule has 5 heteroatoms. The van der Waals surface area contributed by atoms with Crippen molar-refractivity contribution >= 4 is 21.7 Å². The second-order valence-electron chi connectivity index (χ2n) is 3.88. The summed E-state index contributed by atoms with van der Waals surface area (Å²) in [6.07, 6.45) is 3.53. The first kappa shape index (κ1) is 12.8. The highest BCUT2D eigenvalue weighted by Gasteiger charge is 2.00. The number of anilines is 1. The van der Waals surface area contributed by atoms with E-state index in [1.165, 1.54) is 0 Å². The van der Waals surface area contributed by atoms with Crippen LogP contribution in [0, 0.1) is 6.92 Å². The number of hydrogen-bond donors (Lipinski definition) is 1. The first-order valence-electron chi connectivity index (χ1n) is 5.54. The van der Waals surface area contributed by atoms with Crippen LogP contribution >= 0.6 is 15.9 Å². The lowest BCUT2D eigenvalue weighted by molar-refractivity contribution is 0.397. The molecule has 0 spiro atoms. The molecule has 4 nitrogen and oxygen atoms in total. The number of aryl methyl sites for hydroxylation is 1. The van der Waals surface area contributed by atoms with E-state index >= 15 is 0 Å². The molecular weight excluding hydrogens is 294 g/mol. The lowest BCUT2D eigenvalue weighted by Crippen LogP contribution is -2.02. The third-order valence-corrected chi connectivity index (χ3v) is 3.36. The van der Waals surface area contributed by atoms with E-state index in [2.05, 4.69) is 31.2 Å². The molecule has 94 valence electrons. The molecule has 18 heavy (non-hydrogen) atoms. The molecule has 0 saturated carbocycles. The van der Waals surface area contributed by atoms with Crippen molar-refractivity contribution in [3.8, 4) is 5.88 Å². The summed E-state index contributed by atoms with van der Waals surface area (Å²) in [6, 6.07) is 5.85. The zero-order chi connectivity index (χ0) is 13.0. The van der Waals surface area contributed by atoms with Crippen molar-refractivity contribution < 1.29 is 4.74 Å². The molecule has 0 aliphatic carbocycles. The molecule has 2 aromatic heterocycles. The van der Waals surface area contributed by atoms with E-state index in [-0.39, 0.29) is 0 Å². The molecular formula is C13H14BrN3O. The number of ether oxygens (including phenoxy) is 1. The fourth-order valence-corrected chi connectivity index (χ4v) is 1.72. The smallest absolute Gasteiger partial charge is 0.213 e. The maximum Gasteiger partial charge on any atom is 0.213 e. The van der Waals surface area contributed by atoms with Gasteiger partial charge in [0.05, 0.1) is 7.11 Å². The van der Waals surface area contributed by atoms with Gasteiger partial charge in [0.1, 0.15) is 5.82 Å². The molecule has 0 aliphatic heterocycles. The normalized spacial score (nSPS) is 10.2. The Hall–Kier alpha value is -1.62. The predicted molar refractivity (Wildman–Crippen MR) is 74.8 cm³/mol. The summed E-state index contributed by atoms with van der Waals surface area (Å²) in [6.45, 7) is 2.72. The molecule has 0 saturated heterocycles. The lowest BCUT2D eigenvalue weighted by Gasteiger charge is -2.08. The molecule has 2 heterocycles. The molecule has 2 rings (SSSR count). The Labute approximate surface area is 115 Å². The highest BCUT2D eigenvalue weighted by Crippen LogP contribution is 2.18. The van der Waals surface area contributed by atoms with Crippen LogP contribution in [0.3, 0.4) is 0 Å². The molecule has 1 N–H and O–H groups in total. The van der Waals surface area contributed by atoms with Crippen molar-refractivity contribution in [3.63, 3.8) is 0 Å². The second kappa shape index (κ2) is 5.82. The van der Waals surface area contributed by atoms with Crippen LogP contribution in [0.15, 0.2) is 35.1 Å². The number of halogens is 1. The van der Waals surface area contributed by atoms with Crippen molar-refractivity contribution in [3.05, 3.63) is 46.2 Å². The van der Waals surface area contributed by atoms with Crippen molar-refractivity contribution in [2.45, 2.75) is 13.5 Å². The van der Waals surface area contributed by atoms with Crippen LogP contribution in [0.4, 0.5) is 5.82 Å². The van der Waals surface area contributed by atoms with Gasteiger partial charge < -0.3 is 10.1 Å². The van der Waals surface area contributed by atoms with Gasteiger partial charge in [0.2, 0.25) is 5.88 Å². The van der Waals surface area contributed by atoms with Gasteiger partial charge in [-0.05, 0) is 46.1 Å². The topological polar surface area (TPSA) is 47.0 Å². The monoisotopic (exact) mass is 307 g/mol. The van der Waals surface area contributed by atoms with Crippen LogP contribution in [-0.4, -0.2) is 17.1 Å². The van der Waals surface area contributed by atoms with Gasteiger partial charge in [0, 0.05) is 29.5 Å². The lowest BCUT2D eigenvalue weighted by atomic mass is 10.2. The molecule has 0 radical (unpaired) electrons. The Morgan fingerprint density at radius 3 is 2.89 bits per heavy atom. The van der Waals surface area contributed by atoms with Crippen molar-refractivity contribution in [2.24, 2.45) is 0 Å². The van der Waals surface area contributed by atoms with E-state index in [0.717, 1.165) is 21.4 Å². The molecule has 0 bridgehead atoms. The van der Waals surface area contributed by atoms with Gasteiger partial charge in [0.25, 0.3) is 0 Å². The summed E-state index contributed by atoms with van der Waals surface area (Å²) in [7, 11) is 1.61. The van der Waals surface area contributed by atoms with Crippen molar-refractivity contribution in [1.82, 2.24) is 9.97 Å². The fraction of sp³-hybridized carbons (Fsp3) is 0.231. The Bertz CT molecular complexity index is 546. The molecule has 0 aromatic carbocycles. The second-order valence-corrected chi connectivity index (χ2v) is 4.73. The fourth-order valence-electron chi connectivity index (χ4n) is 1.50. The van der Waals surface area contributed by atoms with Crippen molar-refractivity contribution in [2.75, 3.05) is 12.4 Å². The van der Waals surface area contributed by atoms with E-state index in [4.69, 9.17) is 4.74 Å². The minimum absolute atomic E-state index is 0.620. The summed E-state index contributed by atoms with van der Waals surface area (Å²) in [4.78, 5) is 8.36. The minimum Gasteiger partial charge on any atom is -0.481 e. The molecule has 0 unspecified atom stereocenters. The third kappa shape index (κ3) is 3.20. The number of aromatic nitrogens is 2. The van der Waals surface area contributed by atoms with Crippen LogP contribution in [-0.2, 0) is 6.54 Å². The first-order valence-corrected chi connectivity index (χ1v) is 6.33. The third-order valence-electron chi connectivity index (χ3n) is 2.53. The Morgan fingerprint density at radius 1 is 1.33 bits per heavy atom. The summed E-state index contributed by atoms with van der Waals surface area (Å²) < 4.78 is 6.09. The highest BCUT2D eigenvalue weighted by atomic mass is 79.9. The van der Waals surface area contributed by atoms with Gasteiger partial charge in [-0.1, -0.05) is 0 Å². The number of nitrogens with zero attached hydrogens (tertiary/aromatic N) is 2. The van der Waals surface area contributed by atoms with Crippen LogP contribution in [0.1, 0.15) is 11.1 Å². The Kier molecular flexibility index (Phi) is 4.15. The minimum atomic E-state index is 0.620. The summed E-state index contributed by atoms with van der Waals surface area (Å²) in [5.74, 6) is 1.47.